The first-order valence-electron chi connectivity index (χ1n) is 10.5. The molecule has 0 aliphatic heterocycles. The molecule has 5 rings (SSSR count). The Balaban J connectivity index is 1.60. The van der Waals surface area contributed by atoms with E-state index in [0.717, 1.165) is 29.0 Å². The topological polar surface area (TPSA) is 103 Å². The first kappa shape index (κ1) is 23.9. The highest BCUT2D eigenvalue weighted by Crippen LogP contribution is 2.56. The highest BCUT2D eigenvalue weighted by atomic mass is 32.2. The van der Waals surface area contributed by atoms with Gasteiger partial charge in [0, 0.05) is 23.6 Å². The number of rotatable bonds is 6. The molecule has 8 nitrogen and oxygen atoms in total. The number of aromatic nitrogens is 2. The van der Waals surface area contributed by atoms with Crippen LogP contribution in [0.25, 0.3) is 16.6 Å². The van der Waals surface area contributed by atoms with Gasteiger partial charge in [-0.05, 0) is 42.2 Å². The van der Waals surface area contributed by atoms with Crippen molar-refractivity contribution in [2.45, 2.75) is 23.4 Å². The van der Waals surface area contributed by atoms with Gasteiger partial charge in [-0.3, -0.25) is 14.1 Å². The third kappa shape index (κ3) is 4.19. The second-order valence-electron chi connectivity index (χ2n) is 8.26. The first-order chi connectivity index (χ1) is 17.0. The molecule has 0 unspecified atom stereocenters. The summed E-state index contributed by atoms with van der Waals surface area (Å²) in [5.41, 5.74) is 0.0244. The molecular formula is C23H17F4N3O5S. The van der Waals surface area contributed by atoms with Gasteiger partial charge in [0.05, 0.1) is 24.2 Å². The number of pyridine rings is 1. The van der Waals surface area contributed by atoms with Gasteiger partial charge >= 0.3 is 6.18 Å². The van der Waals surface area contributed by atoms with E-state index in [4.69, 9.17) is 4.74 Å². The van der Waals surface area contributed by atoms with E-state index in [1.165, 1.54) is 37.4 Å². The van der Waals surface area contributed by atoms with Crippen molar-refractivity contribution in [3.63, 3.8) is 0 Å². The lowest BCUT2D eigenvalue weighted by molar-refractivity contribution is -0.148. The summed E-state index contributed by atoms with van der Waals surface area (Å²) in [6, 6.07) is 10.0. The Labute approximate surface area is 201 Å². The highest BCUT2D eigenvalue weighted by Gasteiger charge is 2.56. The van der Waals surface area contributed by atoms with Gasteiger partial charge in [0.1, 0.15) is 22.7 Å². The zero-order chi connectivity index (χ0) is 25.8. The maximum Gasteiger partial charge on any atom is 0.392 e. The third-order valence-corrected chi connectivity index (χ3v) is 7.37. The van der Waals surface area contributed by atoms with Gasteiger partial charge in [-0.1, -0.05) is 11.2 Å². The van der Waals surface area contributed by atoms with Crippen LogP contribution in [0, 0.1) is 11.7 Å². The minimum absolute atomic E-state index is 0.0334. The Morgan fingerprint density at radius 3 is 2.56 bits per heavy atom. The smallest absolute Gasteiger partial charge is 0.392 e. The van der Waals surface area contributed by atoms with E-state index in [0.29, 0.717) is 5.56 Å². The van der Waals surface area contributed by atoms with Gasteiger partial charge in [0.25, 0.3) is 15.6 Å². The highest BCUT2D eigenvalue weighted by molar-refractivity contribution is 7.92. The SMILES string of the molecule is COc1cc([C@@H]2C[C@H]2C(F)(F)F)ccc1-n1c(=O)ccc2cc(S(=O)(=O)Nc3ccon3)c(F)cc21. The van der Waals surface area contributed by atoms with Gasteiger partial charge in [-0.25, -0.2) is 12.8 Å². The van der Waals surface area contributed by atoms with Gasteiger partial charge in [-0.15, -0.1) is 0 Å². The Bertz CT molecular complexity index is 1630. The second-order valence-corrected chi connectivity index (χ2v) is 9.91. The summed E-state index contributed by atoms with van der Waals surface area (Å²) in [7, 11) is -3.08. The lowest BCUT2D eigenvalue weighted by Gasteiger charge is -2.16. The number of methoxy groups -OCH3 is 1. The summed E-state index contributed by atoms with van der Waals surface area (Å²) in [5.74, 6) is -3.32. The van der Waals surface area contributed by atoms with Crippen LogP contribution >= 0.6 is 0 Å². The Kier molecular flexibility index (Phi) is 5.54. The van der Waals surface area contributed by atoms with Crippen molar-refractivity contribution in [2.75, 3.05) is 11.8 Å². The van der Waals surface area contributed by atoms with Crippen molar-refractivity contribution in [3.8, 4) is 11.4 Å². The van der Waals surface area contributed by atoms with Crippen molar-refractivity contribution < 1.29 is 35.2 Å². The number of anilines is 1. The molecule has 2 atom stereocenters. The number of hydrogen-bond donors (Lipinski definition) is 1. The Morgan fingerprint density at radius 2 is 1.92 bits per heavy atom. The van der Waals surface area contributed by atoms with E-state index in [1.807, 2.05) is 0 Å². The third-order valence-electron chi connectivity index (χ3n) is 6.00. The normalized spacial score (nSPS) is 17.8. The number of sulfonamides is 1. The van der Waals surface area contributed by atoms with Crippen molar-refractivity contribution in [2.24, 2.45) is 5.92 Å². The van der Waals surface area contributed by atoms with E-state index >= 15 is 4.39 Å². The lowest BCUT2D eigenvalue weighted by Crippen LogP contribution is -2.19. The fraction of sp³-hybridized carbons (Fsp3) is 0.217. The fourth-order valence-corrected chi connectivity index (χ4v) is 5.28. The van der Waals surface area contributed by atoms with Crippen molar-refractivity contribution in [3.05, 3.63) is 76.5 Å². The summed E-state index contributed by atoms with van der Waals surface area (Å²) >= 11 is 0. The lowest BCUT2D eigenvalue weighted by atomic mass is 10.1. The van der Waals surface area contributed by atoms with Crippen LogP contribution in [-0.4, -0.2) is 31.4 Å². The number of alkyl halides is 3. The summed E-state index contributed by atoms with van der Waals surface area (Å²) in [6.07, 6.45) is -3.20. The van der Waals surface area contributed by atoms with Gasteiger partial charge in [-0.2, -0.15) is 13.2 Å². The minimum atomic E-state index is -4.38. The van der Waals surface area contributed by atoms with Gasteiger partial charge in [0.2, 0.25) is 0 Å². The van der Waals surface area contributed by atoms with Crippen LogP contribution < -0.4 is 15.0 Å². The average molecular weight is 523 g/mol. The molecule has 2 heterocycles. The number of fused-ring (bicyclic) bond motifs is 1. The molecule has 188 valence electrons. The minimum Gasteiger partial charge on any atom is -0.495 e. The van der Waals surface area contributed by atoms with Crippen LogP contribution in [0.4, 0.5) is 23.4 Å². The molecule has 1 fully saturated rings. The number of ether oxygens (including phenoxy) is 1. The van der Waals surface area contributed by atoms with Crippen LogP contribution in [0.15, 0.2) is 69.0 Å². The zero-order valence-corrected chi connectivity index (χ0v) is 19.2. The van der Waals surface area contributed by atoms with Crippen LogP contribution in [0.1, 0.15) is 17.9 Å². The standard InChI is InChI=1S/C23H17F4N3O5S/c1-34-19-8-12(14-10-15(14)23(25,26)27)2-4-17(19)30-18-11-16(24)20(9-13(18)3-5-22(30)31)36(32,33)29-21-6-7-35-28-21/h2-9,11,14-15H,10H2,1H3,(H,28,29)/t14-,15+/m0/s1. The molecule has 2 aromatic heterocycles. The monoisotopic (exact) mass is 523 g/mol. The molecule has 0 bridgehead atoms. The summed E-state index contributed by atoms with van der Waals surface area (Å²) < 4.78 is 92.6. The molecule has 2 aromatic carbocycles. The zero-order valence-electron chi connectivity index (χ0n) is 18.4. The van der Waals surface area contributed by atoms with Crippen LogP contribution in [0.2, 0.25) is 0 Å². The molecule has 0 radical (unpaired) electrons. The number of nitrogens with one attached hydrogen (secondary N) is 1. The van der Waals surface area contributed by atoms with E-state index in [9.17, 15) is 26.4 Å². The number of nitrogens with zero attached hydrogens (tertiary/aromatic N) is 2. The second kappa shape index (κ2) is 8.36. The summed E-state index contributed by atoms with van der Waals surface area (Å²) in [4.78, 5) is 12.1. The Morgan fingerprint density at radius 1 is 1.14 bits per heavy atom. The largest absolute Gasteiger partial charge is 0.495 e. The number of hydrogen-bond acceptors (Lipinski definition) is 6. The van der Waals surface area contributed by atoms with E-state index in [1.54, 1.807) is 0 Å². The molecule has 0 amide bonds. The molecule has 36 heavy (non-hydrogen) atoms. The molecule has 0 saturated heterocycles. The van der Waals surface area contributed by atoms with E-state index in [-0.39, 0.29) is 34.6 Å². The molecule has 1 saturated carbocycles. The van der Waals surface area contributed by atoms with E-state index < -0.39 is 44.3 Å². The first-order valence-corrected chi connectivity index (χ1v) is 12.0. The van der Waals surface area contributed by atoms with E-state index in [2.05, 4.69) is 14.4 Å². The molecule has 1 N–H and O–H groups in total. The molecule has 4 aromatic rings. The Hall–Kier alpha value is -3.87. The molecule has 1 aliphatic rings. The van der Waals surface area contributed by atoms with Gasteiger partial charge < -0.3 is 9.26 Å². The molecular weight excluding hydrogens is 506 g/mol. The fourth-order valence-electron chi connectivity index (χ4n) is 4.19. The molecule has 13 heteroatoms. The summed E-state index contributed by atoms with van der Waals surface area (Å²) in [5, 5.41) is 3.65. The maximum atomic E-state index is 15.1. The van der Waals surface area contributed by atoms with Gasteiger partial charge in [0.15, 0.2) is 5.82 Å². The van der Waals surface area contributed by atoms with Crippen molar-refractivity contribution in [1.29, 1.82) is 0 Å². The number of benzene rings is 2. The van der Waals surface area contributed by atoms with Crippen molar-refractivity contribution in [1.82, 2.24) is 9.72 Å². The van der Waals surface area contributed by atoms with Crippen LogP contribution in [0.3, 0.4) is 0 Å². The summed E-state index contributed by atoms with van der Waals surface area (Å²) in [6.45, 7) is 0. The quantitative estimate of drug-likeness (QED) is 0.371. The van der Waals surface area contributed by atoms with Crippen LogP contribution in [-0.2, 0) is 10.0 Å². The predicted octanol–water partition coefficient (Wildman–Crippen LogP) is 4.59. The molecule has 0 spiro atoms. The molecule has 1 aliphatic carbocycles. The van der Waals surface area contributed by atoms with Crippen molar-refractivity contribution >= 4 is 26.7 Å². The van der Waals surface area contributed by atoms with Crippen LogP contribution in [0.5, 0.6) is 5.75 Å². The number of halogens is 4. The average Bonchev–Trinajstić information content (AvgIpc) is 3.49. The predicted molar refractivity (Wildman–Crippen MR) is 120 cm³/mol. The maximum absolute atomic E-state index is 15.1.